The molecule has 8 heteroatoms. The van der Waals surface area contributed by atoms with Gasteiger partial charge in [-0.05, 0) is 36.4 Å². The number of anilines is 2. The van der Waals surface area contributed by atoms with Gasteiger partial charge in [0.05, 0.1) is 7.11 Å². The van der Waals surface area contributed by atoms with Crippen LogP contribution < -0.4 is 26.1 Å². The molecule has 8 nitrogen and oxygen atoms in total. The summed E-state index contributed by atoms with van der Waals surface area (Å²) in [5.74, 6) is 1.32. The maximum absolute atomic E-state index is 12.1. The predicted molar refractivity (Wildman–Crippen MR) is 97.0 cm³/mol. The van der Waals surface area contributed by atoms with E-state index in [1.807, 2.05) is 6.07 Å². The Morgan fingerprint density at radius 1 is 1.00 bits per heavy atom. The lowest BCUT2D eigenvalue weighted by molar-refractivity contribution is 0.0962. The molecular formula is C18H17N5O3. The smallest absolute Gasteiger partial charge is 0.269 e. The topological polar surface area (TPSA) is 111 Å². The van der Waals surface area contributed by atoms with Gasteiger partial charge in [-0.3, -0.25) is 15.6 Å². The van der Waals surface area contributed by atoms with E-state index in [9.17, 15) is 4.79 Å². The van der Waals surface area contributed by atoms with Crippen molar-refractivity contribution in [2.45, 2.75) is 0 Å². The summed E-state index contributed by atoms with van der Waals surface area (Å²) >= 11 is 0. The van der Waals surface area contributed by atoms with E-state index in [-0.39, 0.29) is 23.3 Å². The van der Waals surface area contributed by atoms with E-state index in [2.05, 4.69) is 20.8 Å². The van der Waals surface area contributed by atoms with Crippen LogP contribution in [0.5, 0.6) is 17.4 Å². The number of carbonyl (C=O) groups excluding carboxylic acids is 1. The van der Waals surface area contributed by atoms with Crippen LogP contribution in [0.15, 0.2) is 60.9 Å². The maximum Gasteiger partial charge on any atom is 0.269 e. The second kappa shape index (κ2) is 7.84. The number of hydrogen-bond donors (Lipinski definition) is 3. The highest BCUT2D eigenvalue weighted by Crippen LogP contribution is 2.29. The zero-order valence-corrected chi connectivity index (χ0v) is 14.0. The molecule has 0 saturated heterocycles. The average molecular weight is 351 g/mol. The summed E-state index contributed by atoms with van der Waals surface area (Å²) in [6, 6.07) is 15.7. The van der Waals surface area contributed by atoms with Crippen LogP contribution in [-0.2, 0) is 0 Å². The van der Waals surface area contributed by atoms with Crippen LogP contribution in [0.3, 0.4) is 0 Å². The highest BCUT2D eigenvalue weighted by Gasteiger charge is 2.12. The Balaban J connectivity index is 1.69. The number of amides is 1. The van der Waals surface area contributed by atoms with Crippen molar-refractivity contribution in [2.24, 2.45) is 0 Å². The molecule has 2 aromatic carbocycles. The van der Waals surface area contributed by atoms with Gasteiger partial charge in [0, 0.05) is 5.56 Å². The molecule has 0 aliphatic rings. The van der Waals surface area contributed by atoms with E-state index in [1.165, 1.54) is 6.33 Å². The fraction of sp³-hybridized carbons (Fsp3) is 0.0556. The number of nitrogens with two attached hydrogens (primary N) is 1. The zero-order chi connectivity index (χ0) is 18.4. The Morgan fingerprint density at radius 3 is 2.38 bits per heavy atom. The summed E-state index contributed by atoms with van der Waals surface area (Å²) in [6.45, 7) is 0. The van der Waals surface area contributed by atoms with E-state index in [0.717, 1.165) is 0 Å². The highest BCUT2D eigenvalue weighted by molar-refractivity contribution is 5.95. The van der Waals surface area contributed by atoms with Gasteiger partial charge in [0.15, 0.2) is 5.82 Å². The number of hydrogen-bond acceptors (Lipinski definition) is 7. The quantitative estimate of drug-likeness (QED) is 0.585. The summed E-state index contributed by atoms with van der Waals surface area (Å²) in [4.78, 5) is 20.1. The molecule has 0 radical (unpaired) electrons. The molecule has 132 valence electrons. The third-order valence-electron chi connectivity index (χ3n) is 3.45. The van der Waals surface area contributed by atoms with Crippen molar-refractivity contribution in [1.29, 1.82) is 0 Å². The largest absolute Gasteiger partial charge is 0.497 e. The second-order valence-electron chi connectivity index (χ2n) is 5.16. The number of aromatic nitrogens is 2. The van der Waals surface area contributed by atoms with Crippen molar-refractivity contribution >= 4 is 17.4 Å². The predicted octanol–water partition coefficient (Wildman–Crippen LogP) is 2.62. The number of nitrogen functional groups attached to an aromatic ring is 1. The molecule has 1 aromatic heterocycles. The lowest BCUT2D eigenvalue weighted by Crippen LogP contribution is -2.30. The van der Waals surface area contributed by atoms with Crippen LogP contribution in [0, 0.1) is 0 Å². The molecule has 0 aliphatic heterocycles. The van der Waals surface area contributed by atoms with Crippen LogP contribution in [0.25, 0.3) is 0 Å². The van der Waals surface area contributed by atoms with Crippen molar-refractivity contribution in [2.75, 3.05) is 18.3 Å². The summed E-state index contributed by atoms with van der Waals surface area (Å²) in [6.07, 6.45) is 1.28. The number of hydrazine groups is 1. The van der Waals surface area contributed by atoms with Gasteiger partial charge < -0.3 is 15.2 Å². The van der Waals surface area contributed by atoms with Crippen LogP contribution in [-0.4, -0.2) is 23.0 Å². The Morgan fingerprint density at radius 2 is 1.69 bits per heavy atom. The molecule has 0 aliphatic carbocycles. The lowest BCUT2D eigenvalue weighted by Gasteiger charge is -2.12. The highest BCUT2D eigenvalue weighted by atomic mass is 16.5. The molecule has 0 saturated carbocycles. The normalized spacial score (nSPS) is 10.0. The lowest BCUT2D eigenvalue weighted by atomic mass is 10.2. The summed E-state index contributed by atoms with van der Waals surface area (Å²) in [5.41, 5.74) is 11.9. The standard InChI is InChI=1S/C18H17N5O3/c1-25-13-7-9-14(10-8-13)26-18-15(19)16(20-11-21-18)22-23-17(24)12-5-3-2-4-6-12/h2-11H,19H2,1H3,(H,23,24)(H,20,21,22). The minimum absolute atomic E-state index is 0.164. The molecular weight excluding hydrogens is 334 g/mol. The third-order valence-corrected chi connectivity index (χ3v) is 3.45. The first-order chi connectivity index (χ1) is 12.7. The number of ether oxygens (including phenoxy) is 2. The second-order valence-corrected chi connectivity index (χ2v) is 5.16. The van der Waals surface area contributed by atoms with Crippen LogP contribution in [0.2, 0.25) is 0 Å². The zero-order valence-electron chi connectivity index (χ0n) is 14.0. The van der Waals surface area contributed by atoms with Gasteiger partial charge in [-0.25, -0.2) is 4.98 Å². The monoisotopic (exact) mass is 351 g/mol. The van der Waals surface area contributed by atoms with Crippen LogP contribution >= 0.6 is 0 Å². The fourth-order valence-electron chi connectivity index (χ4n) is 2.09. The summed E-state index contributed by atoms with van der Waals surface area (Å²) in [7, 11) is 1.58. The molecule has 0 atom stereocenters. The van der Waals surface area contributed by atoms with E-state index in [1.54, 1.807) is 55.6 Å². The van der Waals surface area contributed by atoms with E-state index in [4.69, 9.17) is 15.2 Å². The number of methoxy groups -OCH3 is 1. The molecule has 3 aromatic rings. The molecule has 0 fully saturated rings. The first-order valence-corrected chi connectivity index (χ1v) is 7.71. The Labute approximate surface area is 150 Å². The van der Waals surface area contributed by atoms with Crippen molar-refractivity contribution in [3.05, 3.63) is 66.5 Å². The third kappa shape index (κ3) is 3.99. The molecule has 0 unspecified atom stereocenters. The number of carbonyl (C=O) groups is 1. The first-order valence-electron chi connectivity index (χ1n) is 7.71. The molecule has 1 amide bonds. The van der Waals surface area contributed by atoms with Gasteiger partial charge in [-0.15, -0.1) is 0 Å². The maximum atomic E-state index is 12.1. The molecule has 0 spiro atoms. The Hall–Kier alpha value is -3.81. The molecule has 1 heterocycles. The molecule has 0 bridgehead atoms. The number of nitrogens with one attached hydrogen (secondary N) is 2. The molecule has 26 heavy (non-hydrogen) atoms. The Kier molecular flexibility index (Phi) is 5.14. The Bertz CT molecular complexity index is 885. The minimum atomic E-state index is -0.318. The van der Waals surface area contributed by atoms with Gasteiger partial charge in [0.2, 0.25) is 5.88 Å². The minimum Gasteiger partial charge on any atom is -0.497 e. The van der Waals surface area contributed by atoms with Gasteiger partial charge in [0.1, 0.15) is 23.5 Å². The van der Waals surface area contributed by atoms with Crippen molar-refractivity contribution < 1.29 is 14.3 Å². The fourth-order valence-corrected chi connectivity index (χ4v) is 2.09. The van der Waals surface area contributed by atoms with Gasteiger partial charge >= 0.3 is 0 Å². The number of nitrogens with zero attached hydrogens (tertiary/aromatic N) is 2. The van der Waals surface area contributed by atoms with E-state index >= 15 is 0 Å². The molecule has 3 rings (SSSR count). The van der Waals surface area contributed by atoms with Crippen LogP contribution in [0.4, 0.5) is 11.5 Å². The van der Waals surface area contributed by atoms with Crippen LogP contribution in [0.1, 0.15) is 10.4 Å². The summed E-state index contributed by atoms with van der Waals surface area (Å²) < 4.78 is 10.8. The van der Waals surface area contributed by atoms with E-state index in [0.29, 0.717) is 17.1 Å². The molecule has 4 N–H and O–H groups in total. The summed E-state index contributed by atoms with van der Waals surface area (Å²) in [5, 5.41) is 0. The average Bonchev–Trinajstić information content (AvgIpc) is 2.69. The number of rotatable bonds is 6. The SMILES string of the molecule is COc1ccc(Oc2ncnc(NNC(=O)c3ccccc3)c2N)cc1. The van der Waals surface area contributed by atoms with E-state index < -0.39 is 0 Å². The number of benzene rings is 2. The van der Waals surface area contributed by atoms with Gasteiger partial charge in [-0.2, -0.15) is 4.98 Å². The van der Waals surface area contributed by atoms with Crippen molar-refractivity contribution in [1.82, 2.24) is 15.4 Å². The van der Waals surface area contributed by atoms with Gasteiger partial charge in [0.25, 0.3) is 5.91 Å². The van der Waals surface area contributed by atoms with Crippen molar-refractivity contribution in [3.63, 3.8) is 0 Å². The van der Waals surface area contributed by atoms with Crippen molar-refractivity contribution in [3.8, 4) is 17.4 Å². The van der Waals surface area contributed by atoms with Gasteiger partial charge in [-0.1, -0.05) is 18.2 Å². The first kappa shape index (κ1) is 17.0.